The van der Waals surface area contributed by atoms with E-state index >= 15 is 0 Å². The van der Waals surface area contributed by atoms with E-state index in [1.807, 2.05) is 36.4 Å². The van der Waals surface area contributed by atoms with Crippen LogP contribution in [0.5, 0.6) is 17.2 Å². The molecule has 0 radical (unpaired) electrons. The number of nitrogens with zero attached hydrogens (tertiary/aromatic N) is 1. The Bertz CT molecular complexity index is 814. The monoisotopic (exact) mass is 410 g/mol. The van der Waals surface area contributed by atoms with Crippen molar-refractivity contribution in [3.8, 4) is 23.3 Å². The van der Waals surface area contributed by atoms with E-state index in [9.17, 15) is 0 Å². The van der Waals surface area contributed by atoms with Gasteiger partial charge in [-0.3, -0.25) is 0 Å². The molecule has 30 heavy (non-hydrogen) atoms. The average molecular weight is 411 g/mol. The van der Waals surface area contributed by atoms with Crippen molar-refractivity contribution in [3.05, 3.63) is 53.6 Å². The molecule has 0 spiro atoms. The number of rotatable bonds is 13. The van der Waals surface area contributed by atoms with E-state index in [1.165, 1.54) is 0 Å². The van der Waals surface area contributed by atoms with Crippen LogP contribution in [0.25, 0.3) is 0 Å². The van der Waals surface area contributed by atoms with Crippen LogP contribution in [-0.2, 0) is 6.42 Å². The van der Waals surface area contributed by atoms with Gasteiger partial charge in [-0.05, 0) is 61.6 Å². The molecule has 0 heterocycles. The number of methoxy groups -OCH3 is 1. The molecule has 2 aromatic carbocycles. The summed E-state index contributed by atoms with van der Waals surface area (Å²) in [5.74, 6) is 2.75. The lowest BCUT2D eigenvalue weighted by Gasteiger charge is -2.24. The zero-order chi connectivity index (χ0) is 21.8. The van der Waals surface area contributed by atoms with Crippen molar-refractivity contribution < 1.29 is 14.2 Å². The van der Waals surface area contributed by atoms with Crippen LogP contribution in [0.1, 0.15) is 37.8 Å². The molecule has 0 aliphatic rings. The second kappa shape index (κ2) is 12.8. The maximum Gasteiger partial charge on any atom is 0.161 e. The Balaban J connectivity index is 1.74. The van der Waals surface area contributed by atoms with Gasteiger partial charge >= 0.3 is 0 Å². The lowest BCUT2D eigenvalue weighted by molar-refractivity contribution is 0.134. The quantitative estimate of drug-likeness (QED) is 0.475. The predicted octanol–water partition coefficient (Wildman–Crippen LogP) is 4.92. The molecular formula is C25H34N2O3. The number of nitriles is 1. The standard InChI is InChI=1S/C25H34N2O3/c1-19(2)22(30-24-12-11-21(13-14-26)18-25(24)28-4)10-7-15-27-16-17-29-23-9-6-5-8-20(23)3/h5-6,8-9,11-12,18-19,22,27H,7,10,13,15-17H2,1-4H3. The van der Waals surface area contributed by atoms with E-state index < -0.39 is 0 Å². The summed E-state index contributed by atoms with van der Waals surface area (Å²) in [5, 5.41) is 12.3. The highest BCUT2D eigenvalue weighted by atomic mass is 16.5. The van der Waals surface area contributed by atoms with Crippen molar-refractivity contribution in [1.82, 2.24) is 5.32 Å². The number of hydrogen-bond donors (Lipinski definition) is 1. The van der Waals surface area contributed by atoms with E-state index in [2.05, 4.69) is 38.2 Å². The van der Waals surface area contributed by atoms with Gasteiger partial charge in [-0.15, -0.1) is 0 Å². The van der Waals surface area contributed by atoms with Crippen LogP contribution in [0.3, 0.4) is 0 Å². The van der Waals surface area contributed by atoms with Gasteiger partial charge < -0.3 is 19.5 Å². The molecular weight excluding hydrogens is 376 g/mol. The summed E-state index contributed by atoms with van der Waals surface area (Å²) in [6, 6.07) is 15.9. The van der Waals surface area contributed by atoms with Gasteiger partial charge in [0.2, 0.25) is 0 Å². The molecule has 1 N–H and O–H groups in total. The molecule has 0 fully saturated rings. The van der Waals surface area contributed by atoms with Crippen LogP contribution < -0.4 is 19.5 Å². The topological polar surface area (TPSA) is 63.5 Å². The highest BCUT2D eigenvalue weighted by Gasteiger charge is 2.17. The van der Waals surface area contributed by atoms with Gasteiger partial charge in [0.25, 0.3) is 0 Å². The van der Waals surface area contributed by atoms with Gasteiger partial charge in [-0.25, -0.2) is 0 Å². The lowest BCUT2D eigenvalue weighted by Crippen LogP contribution is -2.27. The summed E-state index contributed by atoms with van der Waals surface area (Å²) < 4.78 is 17.5. The van der Waals surface area contributed by atoms with E-state index in [0.717, 1.165) is 48.6 Å². The second-order valence-electron chi connectivity index (χ2n) is 7.73. The summed E-state index contributed by atoms with van der Waals surface area (Å²) in [6.45, 7) is 8.79. The van der Waals surface area contributed by atoms with Crippen molar-refractivity contribution in [1.29, 1.82) is 5.26 Å². The third-order valence-electron chi connectivity index (χ3n) is 5.01. The number of hydrogen-bond acceptors (Lipinski definition) is 5. The van der Waals surface area contributed by atoms with Crippen LogP contribution in [0.4, 0.5) is 0 Å². The minimum Gasteiger partial charge on any atom is -0.493 e. The van der Waals surface area contributed by atoms with Gasteiger partial charge in [0.1, 0.15) is 18.5 Å². The number of benzene rings is 2. The molecule has 5 heteroatoms. The average Bonchev–Trinajstić information content (AvgIpc) is 2.74. The minimum absolute atomic E-state index is 0.103. The number of aryl methyl sites for hydroxylation is 1. The minimum atomic E-state index is 0.103. The SMILES string of the molecule is COc1cc(CC#N)ccc1OC(CCCNCCOc1ccccc1C)C(C)C. The third kappa shape index (κ3) is 7.61. The van der Waals surface area contributed by atoms with Gasteiger partial charge in [0.15, 0.2) is 11.5 Å². The number of ether oxygens (including phenoxy) is 3. The first-order valence-electron chi connectivity index (χ1n) is 10.6. The number of nitrogens with one attached hydrogen (secondary N) is 1. The predicted molar refractivity (Wildman–Crippen MR) is 120 cm³/mol. The Morgan fingerprint density at radius 2 is 1.83 bits per heavy atom. The molecule has 0 amide bonds. The van der Waals surface area contributed by atoms with Gasteiger partial charge in [-0.1, -0.05) is 38.1 Å². The highest BCUT2D eigenvalue weighted by Crippen LogP contribution is 2.31. The van der Waals surface area contributed by atoms with Crippen LogP contribution in [0, 0.1) is 24.2 Å². The molecule has 0 saturated carbocycles. The fourth-order valence-corrected chi connectivity index (χ4v) is 3.21. The summed E-state index contributed by atoms with van der Waals surface area (Å²) in [6.07, 6.45) is 2.43. The summed E-state index contributed by atoms with van der Waals surface area (Å²) in [5.41, 5.74) is 2.09. The first-order valence-corrected chi connectivity index (χ1v) is 10.6. The molecule has 5 nitrogen and oxygen atoms in total. The van der Waals surface area contributed by atoms with Crippen LogP contribution in [0.2, 0.25) is 0 Å². The van der Waals surface area contributed by atoms with E-state index in [-0.39, 0.29) is 6.10 Å². The Labute approximate surface area is 181 Å². The van der Waals surface area contributed by atoms with Crippen LogP contribution in [0.15, 0.2) is 42.5 Å². The van der Waals surface area contributed by atoms with E-state index in [0.29, 0.717) is 24.7 Å². The molecule has 0 aromatic heterocycles. The maximum absolute atomic E-state index is 8.88. The van der Waals surface area contributed by atoms with Crippen molar-refractivity contribution in [2.45, 2.75) is 46.1 Å². The molecule has 0 saturated heterocycles. The summed E-state index contributed by atoms with van der Waals surface area (Å²) in [7, 11) is 1.63. The zero-order valence-electron chi connectivity index (χ0n) is 18.6. The molecule has 1 atom stereocenters. The molecule has 162 valence electrons. The first kappa shape index (κ1) is 23.6. The Kier molecular flexibility index (Phi) is 10.0. The van der Waals surface area contributed by atoms with Crippen molar-refractivity contribution in [2.75, 3.05) is 26.8 Å². The molecule has 1 unspecified atom stereocenters. The van der Waals surface area contributed by atoms with Crippen molar-refractivity contribution >= 4 is 0 Å². The Hall–Kier alpha value is -2.71. The normalized spacial score (nSPS) is 11.7. The van der Waals surface area contributed by atoms with Crippen molar-refractivity contribution in [2.24, 2.45) is 5.92 Å². The fraction of sp³-hybridized carbons (Fsp3) is 0.480. The second-order valence-corrected chi connectivity index (χ2v) is 7.73. The molecule has 0 aliphatic heterocycles. The Morgan fingerprint density at radius 1 is 1.03 bits per heavy atom. The fourth-order valence-electron chi connectivity index (χ4n) is 3.21. The van der Waals surface area contributed by atoms with Crippen LogP contribution >= 0.6 is 0 Å². The largest absolute Gasteiger partial charge is 0.493 e. The smallest absolute Gasteiger partial charge is 0.161 e. The first-order chi connectivity index (χ1) is 14.5. The summed E-state index contributed by atoms with van der Waals surface area (Å²) >= 11 is 0. The zero-order valence-corrected chi connectivity index (χ0v) is 18.6. The van der Waals surface area contributed by atoms with E-state index in [1.54, 1.807) is 7.11 Å². The van der Waals surface area contributed by atoms with Gasteiger partial charge in [0, 0.05) is 6.54 Å². The van der Waals surface area contributed by atoms with E-state index in [4.69, 9.17) is 19.5 Å². The number of para-hydroxylation sites is 1. The van der Waals surface area contributed by atoms with Crippen molar-refractivity contribution in [3.63, 3.8) is 0 Å². The highest BCUT2D eigenvalue weighted by molar-refractivity contribution is 5.43. The van der Waals surface area contributed by atoms with Gasteiger partial charge in [0.05, 0.1) is 19.6 Å². The summed E-state index contributed by atoms with van der Waals surface area (Å²) in [4.78, 5) is 0. The maximum atomic E-state index is 8.88. The lowest BCUT2D eigenvalue weighted by atomic mass is 10.0. The van der Waals surface area contributed by atoms with Crippen LogP contribution in [-0.4, -0.2) is 32.9 Å². The molecule has 2 rings (SSSR count). The van der Waals surface area contributed by atoms with Gasteiger partial charge in [-0.2, -0.15) is 5.26 Å². The molecule has 2 aromatic rings. The Morgan fingerprint density at radius 3 is 2.53 bits per heavy atom. The molecule has 0 bridgehead atoms. The third-order valence-corrected chi connectivity index (χ3v) is 5.01. The molecule has 0 aliphatic carbocycles.